The molecule has 1 saturated heterocycles. The Morgan fingerprint density at radius 2 is 1.71 bits per heavy atom. The summed E-state index contributed by atoms with van der Waals surface area (Å²) < 4.78 is 16.2. The van der Waals surface area contributed by atoms with Gasteiger partial charge < -0.3 is 9.88 Å². The molecule has 1 N–H and O–H groups in total. The summed E-state index contributed by atoms with van der Waals surface area (Å²) in [6, 6.07) is 24.2. The predicted molar refractivity (Wildman–Crippen MR) is 125 cm³/mol. The zero-order valence-electron chi connectivity index (χ0n) is 16.5. The van der Waals surface area contributed by atoms with Gasteiger partial charge in [0.2, 0.25) is 0 Å². The molecule has 5 rings (SSSR count). The molecule has 6 heteroatoms. The van der Waals surface area contributed by atoms with Crippen LogP contribution in [0.4, 0.5) is 10.1 Å². The van der Waals surface area contributed by atoms with Crippen molar-refractivity contribution in [2.24, 2.45) is 4.99 Å². The summed E-state index contributed by atoms with van der Waals surface area (Å²) >= 11 is 1.31. The first kappa shape index (κ1) is 19.3. The van der Waals surface area contributed by atoms with E-state index in [9.17, 15) is 9.18 Å². The fourth-order valence-electron chi connectivity index (χ4n) is 3.57. The second-order valence-electron chi connectivity index (χ2n) is 7.14. The molecule has 0 radical (unpaired) electrons. The fraction of sp³-hybridized carbons (Fsp3) is 0.0400. The number of carbonyl (C=O) groups excluding carboxylic acids is 1. The molecule has 0 atom stereocenters. The van der Waals surface area contributed by atoms with Crippen molar-refractivity contribution >= 4 is 45.5 Å². The fourth-order valence-corrected chi connectivity index (χ4v) is 4.41. The minimum Gasteiger partial charge on any atom is -0.342 e. The number of nitrogens with one attached hydrogen (secondary N) is 1. The molecule has 1 aliphatic rings. The lowest BCUT2D eigenvalue weighted by atomic mass is 10.1. The Labute approximate surface area is 183 Å². The normalized spacial score (nSPS) is 16.4. The van der Waals surface area contributed by atoms with Gasteiger partial charge in [-0.05, 0) is 42.1 Å². The summed E-state index contributed by atoms with van der Waals surface area (Å²) in [5, 5.41) is 4.39. The Bertz CT molecular complexity index is 1340. The minimum absolute atomic E-state index is 0.175. The number of carbonyl (C=O) groups is 1. The van der Waals surface area contributed by atoms with Crippen molar-refractivity contribution in [1.29, 1.82) is 0 Å². The van der Waals surface area contributed by atoms with Gasteiger partial charge in [-0.15, -0.1) is 0 Å². The van der Waals surface area contributed by atoms with Crippen molar-refractivity contribution < 1.29 is 9.18 Å². The third-order valence-electron chi connectivity index (χ3n) is 5.04. The van der Waals surface area contributed by atoms with Crippen LogP contribution in [0.2, 0.25) is 0 Å². The summed E-state index contributed by atoms with van der Waals surface area (Å²) in [4.78, 5) is 17.6. The second-order valence-corrected chi connectivity index (χ2v) is 8.17. The number of fused-ring (bicyclic) bond motifs is 1. The van der Waals surface area contributed by atoms with Crippen LogP contribution < -0.4 is 5.32 Å². The third-order valence-corrected chi connectivity index (χ3v) is 5.95. The van der Waals surface area contributed by atoms with Crippen LogP contribution in [0.1, 0.15) is 11.1 Å². The van der Waals surface area contributed by atoms with Crippen LogP contribution in [-0.2, 0) is 11.3 Å². The lowest BCUT2D eigenvalue weighted by Gasteiger charge is -2.06. The van der Waals surface area contributed by atoms with Gasteiger partial charge in [0.25, 0.3) is 5.91 Å². The molecule has 31 heavy (non-hydrogen) atoms. The molecule has 1 aliphatic heterocycles. The molecule has 4 nitrogen and oxygen atoms in total. The van der Waals surface area contributed by atoms with E-state index in [0.717, 1.165) is 22.2 Å². The van der Waals surface area contributed by atoms with E-state index in [4.69, 9.17) is 0 Å². The highest BCUT2D eigenvalue weighted by Gasteiger charge is 2.24. The van der Waals surface area contributed by atoms with Crippen LogP contribution in [0, 0.1) is 5.82 Å². The van der Waals surface area contributed by atoms with Gasteiger partial charge in [-0.1, -0.05) is 54.6 Å². The monoisotopic (exact) mass is 427 g/mol. The molecule has 3 aromatic carbocycles. The number of benzene rings is 3. The van der Waals surface area contributed by atoms with Gasteiger partial charge in [0.15, 0.2) is 5.17 Å². The lowest BCUT2D eigenvalue weighted by Crippen LogP contribution is -2.19. The molecule has 1 aromatic heterocycles. The predicted octanol–water partition coefficient (Wildman–Crippen LogP) is 5.72. The quantitative estimate of drug-likeness (QED) is 0.424. The highest BCUT2D eigenvalue weighted by molar-refractivity contribution is 8.18. The van der Waals surface area contributed by atoms with E-state index in [1.165, 1.54) is 17.8 Å². The molecule has 1 amide bonds. The molecular weight excluding hydrogens is 409 g/mol. The van der Waals surface area contributed by atoms with Crippen molar-refractivity contribution in [1.82, 2.24) is 9.88 Å². The van der Waals surface area contributed by atoms with E-state index in [1.807, 2.05) is 77.5 Å². The van der Waals surface area contributed by atoms with Crippen LogP contribution in [0.3, 0.4) is 0 Å². The number of para-hydroxylation sites is 2. The SMILES string of the molecule is O=C1NC(=Nc2ccccc2)SC1=Cc1cn(Cc2ccccc2F)c2ccccc12. The number of hydrogen-bond donors (Lipinski definition) is 1. The summed E-state index contributed by atoms with van der Waals surface area (Å²) in [5.74, 6) is -0.404. The molecular formula is C25H18FN3OS. The molecule has 0 aliphatic carbocycles. The first-order chi connectivity index (χ1) is 15.2. The molecule has 0 saturated carbocycles. The van der Waals surface area contributed by atoms with Gasteiger partial charge in [-0.2, -0.15) is 0 Å². The average molecular weight is 428 g/mol. The summed E-state index contributed by atoms with van der Waals surface area (Å²) in [5.41, 5.74) is 3.30. The van der Waals surface area contributed by atoms with Crippen LogP contribution in [0.25, 0.3) is 17.0 Å². The summed E-state index contributed by atoms with van der Waals surface area (Å²) in [6.45, 7) is 0.413. The average Bonchev–Trinajstić information content (AvgIpc) is 3.30. The number of amidine groups is 1. The summed E-state index contributed by atoms with van der Waals surface area (Å²) in [7, 11) is 0. The van der Waals surface area contributed by atoms with E-state index in [1.54, 1.807) is 12.1 Å². The third kappa shape index (κ3) is 4.02. The molecule has 0 spiro atoms. The molecule has 152 valence electrons. The van der Waals surface area contributed by atoms with Gasteiger partial charge in [-0.3, -0.25) is 4.79 Å². The number of nitrogens with zero attached hydrogens (tertiary/aromatic N) is 2. The maximum atomic E-state index is 14.2. The van der Waals surface area contributed by atoms with Gasteiger partial charge in [0, 0.05) is 28.2 Å². The zero-order valence-corrected chi connectivity index (χ0v) is 17.3. The largest absolute Gasteiger partial charge is 0.342 e. The van der Waals surface area contributed by atoms with E-state index >= 15 is 0 Å². The van der Waals surface area contributed by atoms with Crippen LogP contribution >= 0.6 is 11.8 Å². The van der Waals surface area contributed by atoms with Crippen LogP contribution in [-0.4, -0.2) is 15.6 Å². The first-order valence-electron chi connectivity index (χ1n) is 9.83. The van der Waals surface area contributed by atoms with E-state index in [0.29, 0.717) is 22.2 Å². The van der Waals surface area contributed by atoms with Gasteiger partial charge in [0.05, 0.1) is 17.1 Å². The smallest absolute Gasteiger partial charge is 0.264 e. The Kier molecular flexibility index (Phi) is 5.14. The Morgan fingerprint density at radius 1 is 0.968 bits per heavy atom. The first-order valence-corrected chi connectivity index (χ1v) is 10.6. The Morgan fingerprint density at radius 3 is 2.55 bits per heavy atom. The highest BCUT2D eigenvalue weighted by Crippen LogP contribution is 2.31. The number of thioether (sulfide) groups is 1. The van der Waals surface area contributed by atoms with Crippen LogP contribution in [0.15, 0.2) is 95.0 Å². The van der Waals surface area contributed by atoms with Crippen molar-refractivity contribution in [2.45, 2.75) is 6.54 Å². The number of aliphatic imine (C=N–C) groups is 1. The summed E-state index contributed by atoms with van der Waals surface area (Å²) in [6.07, 6.45) is 3.83. The number of amides is 1. The maximum Gasteiger partial charge on any atom is 0.264 e. The van der Waals surface area contributed by atoms with E-state index in [2.05, 4.69) is 10.3 Å². The minimum atomic E-state index is -0.229. The van der Waals surface area contributed by atoms with Crippen molar-refractivity contribution in [2.75, 3.05) is 0 Å². The number of rotatable bonds is 4. The van der Waals surface area contributed by atoms with Crippen LogP contribution in [0.5, 0.6) is 0 Å². The van der Waals surface area contributed by atoms with Crippen molar-refractivity contribution in [3.8, 4) is 0 Å². The lowest BCUT2D eigenvalue weighted by molar-refractivity contribution is -0.115. The van der Waals surface area contributed by atoms with Gasteiger partial charge >= 0.3 is 0 Å². The highest BCUT2D eigenvalue weighted by atomic mass is 32.2. The van der Waals surface area contributed by atoms with Crippen molar-refractivity contribution in [3.05, 3.63) is 107 Å². The molecule has 0 bridgehead atoms. The molecule has 4 aromatic rings. The Balaban J connectivity index is 1.49. The molecule has 0 unspecified atom stereocenters. The van der Waals surface area contributed by atoms with Gasteiger partial charge in [-0.25, -0.2) is 9.38 Å². The second kappa shape index (κ2) is 8.24. The molecule has 1 fully saturated rings. The van der Waals surface area contributed by atoms with E-state index in [-0.39, 0.29) is 11.7 Å². The van der Waals surface area contributed by atoms with E-state index < -0.39 is 0 Å². The maximum absolute atomic E-state index is 14.2. The van der Waals surface area contributed by atoms with Crippen molar-refractivity contribution in [3.63, 3.8) is 0 Å². The zero-order chi connectivity index (χ0) is 21.2. The topological polar surface area (TPSA) is 46.4 Å². The Hall–Kier alpha value is -3.64. The number of halogens is 1. The number of hydrogen-bond acceptors (Lipinski definition) is 3. The van der Waals surface area contributed by atoms with Gasteiger partial charge in [0.1, 0.15) is 5.82 Å². The molecule has 2 heterocycles. The number of aromatic nitrogens is 1. The standard InChI is InChI=1S/C25H18FN3OS/c26-21-12-6-4-8-17(21)15-29-16-18(20-11-5-7-13-22(20)29)14-23-24(30)28-25(31-23)27-19-9-2-1-3-10-19/h1-14,16H,15H2,(H,27,28,30).